The Hall–Kier alpha value is -1.84. The van der Waals surface area contributed by atoms with Gasteiger partial charge in [0.1, 0.15) is 6.61 Å². The van der Waals surface area contributed by atoms with Gasteiger partial charge in [-0.15, -0.1) is 0 Å². The molecule has 0 N–H and O–H groups in total. The zero-order valence-corrected chi connectivity index (χ0v) is 8.35. The number of carbonyl (C=O) groups excluding carboxylic acids is 1. The zero-order valence-electron chi connectivity index (χ0n) is 8.35. The maximum absolute atomic E-state index is 11.5. The Morgan fingerprint density at radius 3 is 3.33 bits per heavy atom. The van der Waals surface area contributed by atoms with Crippen LogP contribution in [0.5, 0.6) is 5.88 Å². The van der Waals surface area contributed by atoms with Crippen molar-refractivity contribution in [2.45, 2.75) is 6.54 Å². The largest absolute Gasteiger partial charge is 0.476 e. The van der Waals surface area contributed by atoms with Crippen LogP contribution in [0.1, 0.15) is 5.56 Å². The number of rotatable bonds is 1. The van der Waals surface area contributed by atoms with E-state index in [-0.39, 0.29) is 5.91 Å². The number of carbonyl (C=O) groups is 1. The van der Waals surface area contributed by atoms with Gasteiger partial charge in [-0.25, -0.2) is 4.98 Å². The molecule has 0 spiro atoms. The summed E-state index contributed by atoms with van der Waals surface area (Å²) >= 11 is 0. The fraction of sp³-hybridized carbons (Fsp3) is 0.273. The first-order valence-corrected chi connectivity index (χ1v) is 4.79. The molecule has 2 rings (SSSR count). The summed E-state index contributed by atoms with van der Waals surface area (Å²) in [4.78, 5) is 17.3. The van der Waals surface area contributed by atoms with Gasteiger partial charge in [0.15, 0.2) is 0 Å². The number of hydrogen-bond acceptors (Lipinski definition) is 3. The summed E-state index contributed by atoms with van der Waals surface area (Å²) in [6.07, 6.45) is 3.01. The van der Waals surface area contributed by atoms with Crippen molar-refractivity contribution in [1.29, 1.82) is 0 Å². The molecule has 0 radical (unpaired) electrons. The Balaban J connectivity index is 2.24. The minimum Gasteiger partial charge on any atom is -0.476 e. The second kappa shape index (κ2) is 4.13. The lowest BCUT2D eigenvalue weighted by molar-refractivity contribution is -0.126. The number of fused-ring (bicyclic) bond motifs is 1. The van der Waals surface area contributed by atoms with Crippen LogP contribution in [0.3, 0.4) is 0 Å². The van der Waals surface area contributed by atoms with Gasteiger partial charge >= 0.3 is 0 Å². The molecule has 1 aliphatic heterocycles. The highest BCUT2D eigenvalue weighted by molar-refractivity contribution is 5.87. The van der Waals surface area contributed by atoms with E-state index in [4.69, 9.17) is 4.74 Å². The van der Waals surface area contributed by atoms with Crippen LogP contribution in [0.15, 0.2) is 31.0 Å². The van der Waals surface area contributed by atoms with Crippen LogP contribution < -0.4 is 4.74 Å². The molecule has 15 heavy (non-hydrogen) atoms. The van der Waals surface area contributed by atoms with Crippen molar-refractivity contribution in [2.75, 3.05) is 13.2 Å². The van der Waals surface area contributed by atoms with E-state index in [1.165, 1.54) is 6.08 Å². The average Bonchev–Trinajstić information content (AvgIpc) is 2.49. The first-order chi connectivity index (χ1) is 7.31. The maximum atomic E-state index is 11.5. The Kier molecular flexibility index (Phi) is 2.67. The fourth-order valence-corrected chi connectivity index (χ4v) is 1.53. The van der Waals surface area contributed by atoms with E-state index in [9.17, 15) is 4.79 Å². The molecule has 0 unspecified atom stereocenters. The predicted octanol–water partition coefficient (Wildman–Crippen LogP) is 0.989. The molecule has 78 valence electrons. The summed E-state index contributed by atoms with van der Waals surface area (Å²) < 4.78 is 5.43. The SMILES string of the molecule is C=CC(=O)N1CCOc2ncccc2C1. The molecule has 4 nitrogen and oxygen atoms in total. The third kappa shape index (κ3) is 1.98. The van der Waals surface area contributed by atoms with Gasteiger partial charge < -0.3 is 9.64 Å². The van der Waals surface area contributed by atoms with Crippen LogP contribution in [0, 0.1) is 0 Å². The van der Waals surface area contributed by atoms with Crippen LogP contribution >= 0.6 is 0 Å². The van der Waals surface area contributed by atoms with E-state index in [0.717, 1.165) is 5.56 Å². The highest BCUT2D eigenvalue weighted by Gasteiger charge is 2.17. The molecule has 0 saturated carbocycles. The molecule has 1 aromatic rings. The topological polar surface area (TPSA) is 42.4 Å². The van der Waals surface area contributed by atoms with E-state index >= 15 is 0 Å². The van der Waals surface area contributed by atoms with Crippen molar-refractivity contribution in [1.82, 2.24) is 9.88 Å². The molecule has 0 saturated heterocycles. The van der Waals surface area contributed by atoms with E-state index < -0.39 is 0 Å². The molecule has 2 heterocycles. The summed E-state index contributed by atoms with van der Waals surface area (Å²) in [5.41, 5.74) is 0.935. The van der Waals surface area contributed by atoms with Crippen molar-refractivity contribution in [3.63, 3.8) is 0 Å². The number of hydrogen-bond donors (Lipinski definition) is 0. The lowest BCUT2D eigenvalue weighted by Crippen LogP contribution is -2.30. The lowest BCUT2D eigenvalue weighted by atomic mass is 10.2. The fourth-order valence-electron chi connectivity index (χ4n) is 1.53. The van der Waals surface area contributed by atoms with Gasteiger partial charge in [0.25, 0.3) is 0 Å². The van der Waals surface area contributed by atoms with Gasteiger partial charge in [-0.2, -0.15) is 0 Å². The van der Waals surface area contributed by atoms with Gasteiger partial charge in [-0.05, 0) is 12.1 Å². The van der Waals surface area contributed by atoms with Crippen LogP contribution in [-0.4, -0.2) is 28.9 Å². The standard InChI is InChI=1S/C11H12N2O2/c1-2-10(14)13-6-7-15-11-9(8-13)4-3-5-12-11/h2-5H,1,6-8H2. The normalized spacial score (nSPS) is 14.8. The third-order valence-corrected chi connectivity index (χ3v) is 2.30. The van der Waals surface area contributed by atoms with Crippen molar-refractivity contribution >= 4 is 5.91 Å². The third-order valence-electron chi connectivity index (χ3n) is 2.30. The molecule has 1 amide bonds. The van der Waals surface area contributed by atoms with Crippen molar-refractivity contribution in [3.8, 4) is 5.88 Å². The Morgan fingerprint density at radius 2 is 2.53 bits per heavy atom. The van der Waals surface area contributed by atoms with Gasteiger partial charge in [0.05, 0.1) is 13.1 Å². The highest BCUT2D eigenvalue weighted by Crippen LogP contribution is 2.19. The minimum absolute atomic E-state index is 0.0738. The molecular weight excluding hydrogens is 192 g/mol. The second-order valence-corrected chi connectivity index (χ2v) is 3.28. The zero-order chi connectivity index (χ0) is 10.7. The van der Waals surface area contributed by atoms with Crippen LogP contribution in [0.4, 0.5) is 0 Å². The molecule has 0 aliphatic carbocycles. The quantitative estimate of drug-likeness (QED) is 0.640. The first-order valence-electron chi connectivity index (χ1n) is 4.79. The summed E-state index contributed by atoms with van der Waals surface area (Å²) in [6, 6.07) is 3.75. The number of aromatic nitrogens is 1. The smallest absolute Gasteiger partial charge is 0.246 e. The Bertz CT molecular complexity index is 390. The van der Waals surface area contributed by atoms with Gasteiger partial charge in [0.2, 0.25) is 11.8 Å². The number of nitrogens with zero attached hydrogens (tertiary/aromatic N) is 2. The molecule has 1 aromatic heterocycles. The minimum atomic E-state index is -0.0738. The lowest BCUT2D eigenvalue weighted by Gasteiger charge is -2.17. The highest BCUT2D eigenvalue weighted by atomic mass is 16.5. The molecule has 0 bridgehead atoms. The Morgan fingerprint density at radius 1 is 1.67 bits per heavy atom. The average molecular weight is 204 g/mol. The summed E-state index contributed by atoms with van der Waals surface area (Å²) in [5, 5.41) is 0. The number of pyridine rings is 1. The van der Waals surface area contributed by atoms with E-state index in [1.54, 1.807) is 11.1 Å². The summed E-state index contributed by atoms with van der Waals surface area (Å²) in [6.45, 7) is 5.06. The Labute approximate surface area is 88.2 Å². The van der Waals surface area contributed by atoms with Gasteiger partial charge in [-0.3, -0.25) is 4.79 Å². The second-order valence-electron chi connectivity index (χ2n) is 3.28. The van der Waals surface area contributed by atoms with Crippen molar-refractivity contribution in [3.05, 3.63) is 36.5 Å². The van der Waals surface area contributed by atoms with Crippen LogP contribution in [-0.2, 0) is 11.3 Å². The van der Waals surface area contributed by atoms with E-state index in [2.05, 4.69) is 11.6 Å². The predicted molar refractivity (Wildman–Crippen MR) is 55.3 cm³/mol. The van der Waals surface area contributed by atoms with Crippen LogP contribution in [0.2, 0.25) is 0 Å². The molecule has 0 atom stereocenters. The van der Waals surface area contributed by atoms with Gasteiger partial charge in [-0.1, -0.05) is 12.6 Å². The molecule has 1 aliphatic rings. The molecule has 0 fully saturated rings. The van der Waals surface area contributed by atoms with Crippen molar-refractivity contribution in [2.24, 2.45) is 0 Å². The van der Waals surface area contributed by atoms with Crippen molar-refractivity contribution < 1.29 is 9.53 Å². The van der Waals surface area contributed by atoms with E-state index in [0.29, 0.717) is 25.6 Å². The number of ether oxygens (including phenoxy) is 1. The summed E-state index contributed by atoms with van der Waals surface area (Å²) in [7, 11) is 0. The van der Waals surface area contributed by atoms with E-state index in [1.807, 2.05) is 12.1 Å². The van der Waals surface area contributed by atoms with Crippen LogP contribution in [0.25, 0.3) is 0 Å². The monoisotopic (exact) mass is 204 g/mol. The molecular formula is C11H12N2O2. The first kappa shape index (κ1) is 9.71. The summed E-state index contributed by atoms with van der Waals surface area (Å²) in [5.74, 6) is 0.548. The molecule has 0 aromatic carbocycles. The number of amides is 1. The van der Waals surface area contributed by atoms with Gasteiger partial charge in [0, 0.05) is 11.8 Å². The molecule has 4 heteroatoms. The maximum Gasteiger partial charge on any atom is 0.246 e.